The Balaban J connectivity index is 2.59. The molecule has 1 unspecified atom stereocenters. The van der Waals surface area contributed by atoms with Crippen LogP contribution in [-0.4, -0.2) is 30.7 Å². The molecule has 2 nitrogen and oxygen atoms in total. The van der Waals surface area contributed by atoms with Gasteiger partial charge in [0.15, 0.2) is 0 Å². The van der Waals surface area contributed by atoms with Crippen molar-refractivity contribution in [1.29, 1.82) is 0 Å². The van der Waals surface area contributed by atoms with Gasteiger partial charge in [0.1, 0.15) is 0 Å². The summed E-state index contributed by atoms with van der Waals surface area (Å²) in [7, 11) is 3.98. The van der Waals surface area contributed by atoms with E-state index < -0.39 is 0 Å². The number of rotatable bonds is 3. The molecule has 0 spiro atoms. The summed E-state index contributed by atoms with van der Waals surface area (Å²) in [5.74, 6) is 0. The van der Waals surface area contributed by atoms with Gasteiger partial charge in [0.05, 0.1) is 12.6 Å². The standard InChI is InChI=1S/C14H17NO/c1-15(2)14(10-16)13-9-5-7-11-6-3-4-8-12(11)13/h3-9,14,16H,10H2,1-2H3. The Bertz CT molecular complexity index is 474. The molecule has 2 heteroatoms. The van der Waals surface area contributed by atoms with Gasteiger partial charge in [-0.3, -0.25) is 0 Å². The third kappa shape index (κ3) is 1.94. The molecular formula is C14H17NO. The van der Waals surface area contributed by atoms with Crippen LogP contribution in [0.5, 0.6) is 0 Å². The van der Waals surface area contributed by atoms with Gasteiger partial charge in [-0.25, -0.2) is 0 Å². The first kappa shape index (κ1) is 11.1. The maximum atomic E-state index is 9.47. The highest BCUT2D eigenvalue weighted by molar-refractivity contribution is 5.86. The smallest absolute Gasteiger partial charge is 0.0628 e. The molecule has 16 heavy (non-hydrogen) atoms. The fourth-order valence-corrected chi connectivity index (χ4v) is 2.08. The van der Waals surface area contributed by atoms with E-state index in [9.17, 15) is 5.11 Å². The normalized spacial score (nSPS) is 13.2. The van der Waals surface area contributed by atoms with E-state index in [4.69, 9.17) is 0 Å². The number of nitrogens with zero attached hydrogens (tertiary/aromatic N) is 1. The molecule has 1 atom stereocenters. The van der Waals surface area contributed by atoms with E-state index in [1.807, 2.05) is 37.2 Å². The van der Waals surface area contributed by atoms with Crippen LogP contribution in [0.25, 0.3) is 10.8 Å². The van der Waals surface area contributed by atoms with E-state index in [1.165, 1.54) is 16.3 Å². The fourth-order valence-electron chi connectivity index (χ4n) is 2.08. The van der Waals surface area contributed by atoms with E-state index in [0.29, 0.717) is 0 Å². The fraction of sp³-hybridized carbons (Fsp3) is 0.286. The first-order chi connectivity index (χ1) is 7.74. The molecule has 0 amide bonds. The summed E-state index contributed by atoms with van der Waals surface area (Å²) in [6, 6.07) is 14.6. The number of fused-ring (bicyclic) bond motifs is 1. The number of benzene rings is 2. The number of aliphatic hydroxyl groups excluding tert-OH is 1. The number of likely N-dealkylation sites (N-methyl/N-ethyl adjacent to an activating group) is 1. The molecule has 0 fully saturated rings. The van der Waals surface area contributed by atoms with E-state index in [1.54, 1.807) is 0 Å². The Morgan fingerprint density at radius 1 is 1.06 bits per heavy atom. The highest BCUT2D eigenvalue weighted by Crippen LogP contribution is 2.26. The predicted molar refractivity (Wildman–Crippen MR) is 67.5 cm³/mol. The van der Waals surface area contributed by atoms with Crippen LogP contribution in [0, 0.1) is 0 Å². The van der Waals surface area contributed by atoms with Crippen LogP contribution in [0.4, 0.5) is 0 Å². The highest BCUT2D eigenvalue weighted by atomic mass is 16.3. The molecule has 0 aliphatic rings. The number of aliphatic hydroxyl groups is 1. The quantitative estimate of drug-likeness (QED) is 0.850. The van der Waals surface area contributed by atoms with Gasteiger partial charge in [0.25, 0.3) is 0 Å². The Morgan fingerprint density at radius 2 is 1.75 bits per heavy atom. The summed E-state index contributed by atoms with van der Waals surface area (Å²) in [5.41, 5.74) is 1.19. The molecule has 84 valence electrons. The van der Waals surface area contributed by atoms with Crippen molar-refractivity contribution in [2.24, 2.45) is 0 Å². The van der Waals surface area contributed by atoms with Crippen LogP contribution in [0.2, 0.25) is 0 Å². The van der Waals surface area contributed by atoms with Gasteiger partial charge in [0, 0.05) is 0 Å². The van der Waals surface area contributed by atoms with E-state index in [-0.39, 0.29) is 12.6 Å². The van der Waals surface area contributed by atoms with Crippen molar-refractivity contribution in [3.05, 3.63) is 48.0 Å². The zero-order chi connectivity index (χ0) is 11.5. The predicted octanol–water partition coefficient (Wildman–Crippen LogP) is 2.43. The lowest BCUT2D eigenvalue weighted by atomic mass is 9.98. The monoisotopic (exact) mass is 215 g/mol. The largest absolute Gasteiger partial charge is 0.394 e. The topological polar surface area (TPSA) is 23.5 Å². The first-order valence-corrected chi connectivity index (χ1v) is 5.49. The second kappa shape index (κ2) is 4.64. The lowest BCUT2D eigenvalue weighted by molar-refractivity contribution is 0.172. The molecule has 0 saturated carbocycles. The zero-order valence-electron chi connectivity index (χ0n) is 9.72. The Hall–Kier alpha value is -1.38. The Morgan fingerprint density at radius 3 is 2.44 bits per heavy atom. The zero-order valence-corrected chi connectivity index (χ0v) is 9.72. The lowest BCUT2D eigenvalue weighted by Crippen LogP contribution is -2.23. The van der Waals surface area contributed by atoms with Gasteiger partial charge in [0.2, 0.25) is 0 Å². The first-order valence-electron chi connectivity index (χ1n) is 5.49. The summed E-state index contributed by atoms with van der Waals surface area (Å²) in [6.45, 7) is 0.140. The third-order valence-corrected chi connectivity index (χ3v) is 2.98. The molecule has 0 bridgehead atoms. The molecule has 0 radical (unpaired) electrons. The van der Waals surface area contributed by atoms with Crippen LogP contribution < -0.4 is 0 Å². The average molecular weight is 215 g/mol. The summed E-state index contributed by atoms with van der Waals surface area (Å²) in [6.07, 6.45) is 0. The van der Waals surface area contributed by atoms with Gasteiger partial charge in [-0.05, 0) is 30.4 Å². The molecule has 0 aliphatic carbocycles. The summed E-state index contributed by atoms with van der Waals surface area (Å²) in [4.78, 5) is 2.04. The molecule has 0 aromatic heterocycles. The van der Waals surface area contributed by atoms with Gasteiger partial charge in [-0.2, -0.15) is 0 Å². The van der Waals surface area contributed by atoms with E-state index >= 15 is 0 Å². The maximum absolute atomic E-state index is 9.47. The minimum absolute atomic E-state index is 0.0612. The molecule has 0 saturated heterocycles. The van der Waals surface area contributed by atoms with Crippen LogP contribution in [0.15, 0.2) is 42.5 Å². The third-order valence-electron chi connectivity index (χ3n) is 2.98. The van der Waals surface area contributed by atoms with Crippen LogP contribution in [0.3, 0.4) is 0 Å². The molecule has 2 aromatic rings. The maximum Gasteiger partial charge on any atom is 0.0628 e. The summed E-state index contributed by atoms with van der Waals surface area (Å²) >= 11 is 0. The van der Waals surface area contributed by atoms with Crippen molar-refractivity contribution in [3.8, 4) is 0 Å². The molecule has 1 N–H and O–H groups in total. The van der Waals surface area contributed by atoms with Gasteiger partial charge >= 0.3 is 0 Å². The second-order valence-corrected chi connectivity index (χ2v) is 4.23. The Labute approximate surface area is 96.1 Å². The minimum Gasteiger partial charge on any atom is -0.394 e. The summed E-state index contributed by atoms with van der Waals surface area (Å²) in [5, 5.41) is 11.9. The summed E-state index contributed by atoms with van der Waals surface area (Å²) < 4.78 is 0. The van der Waals surface area contributed by atoms with Crippen molar-refractivity contribution >= 4 is 10.8 Å². The average Bonchev–Trinajstić information content (AvgIpc) is 2.30. The second-order valence-electron chi connectivity index (χ2n) is 4.23. The van der Waals surface area contributed by atoms with E-state index in [2.05, 4.69) is 24.3 Å². The van der Waals surface area contributed by atoms with Crippen molar-refractivity contribution in [1.82, 2.24) is 4.90 Å². The molecule has 0 heterocycles. The van der Waals surface area contributed by atoms with Crippen LogP contribution in [0.1, 0.15) is 11.6 Å². The van der Waals surface area contributed by atoms with Gasteiger partial charge in [-0.15, -0.1) is 0 Å². The SMILES string of the molecule is CN(C)C(CO)c1cccc2ccccc12. The molecule has 0 aliphatic heterocycles. The Kier molecular flexibility index (Phi) is 3.22. The number of hydrogen-bond acceptors (Lipinski definition) is 2. The highest BCUT2D eigenvalue weighted by Gasteiger charge is 2.14. The van der Waals surface area contributed by atoms with Crippen molar-refractivity contribution in [2.45, 2.75) is 6.04 Å². The minimum atomic E-state index is 0.0612. The van der Waals surface area contributed by atoms with Gasteiger partial charge in [-0.1, -0.05) is 42.5 Å². The number of hydrogen-bond donors (Lipinski definition) is 1. The van der Waals surface area contributed by atoms with Crippen molar-refractivity contribution < 1.29 is 5.11 Å². The van der Waals surface area contributed by atoms with Crippen LogP contribution in [-0.2, 0) is 0 Å². The van der Waals surface area contributed by atoms with E-state index in [0.717, 1.165) is 0 Å². The van der Waals surface area contributed by atoms with Crippen LogP contribution >= 0.6 is 0 Å². The molecule has 2 rings (SSSR count). The molecular weight excluding hydrogens is 198 g/mol. The molecule has 2 aromatic carbocycles. The van der Waals surface area contributed by atoms with Gasteiger partial charge < -0.3 is 10.0 Å². The lowest BCUT2D eigenvalue weighted by Gasteiger charge is -2.23. The van der Waals surface area contributed by atoms with Crippen molar-refractivity contribution in [3.63, 3.8) is 0 Å². The van der Waals surface area contributed by atoms with Crippen molar-refractivity contribution in [2.75, 3.05) is 20.7 Å².